The van der Waals surface area contributed by atoms with Crippen molar-refractivity contribution in [3.05, 3.63) is 83.7 Å². The molecule has 0 saturated carbocycles. The van der Waals surface area contributed by atoms with Gasteiger partial charge in [0.15, 0.2) is 11.5 Å². The first-order valence-corrected chi connectivity index (χ1v) is 11.0. The van der Waals surface area contributed by atoms with Gasteiger partial charge in [0.2, 0.25) is 0 Å². The van der Waals surface area contributed by atoms with E-state index in [2.05, 4.69) is 13.8 Å². The number of halogens is 1. The maximum atomic E-state index is 14.5. The Morgan fingerprint density at radius 1 is 0.933 bits per heavy atom. The van der Waals surface area contributed by atoms with Crippen molar-refractivity contribution in [1.82, 2.24) is 0 Å². The first-order valence-electron chi connectivity index (χ1n) is 9.96. The predicted molar refractivity (Wildman–Crippen MR) is 122 cm³/mol. The molecule has 0 spiro atoms. The molecule has 0 saturated heterocycles. The minimum absolute atomic E-state index is 0.183. The summed E-state index contributed by atoms with van der Waals surface area (Å²) in [6.07, 6.45) is 0.803. The van der Waals surface area contributed by atoms with Crippen LogP contribution in [0, 0.1) is 5.82 Å². The Kier molecular flexibility index (Phi) is 7.33. The molecule has 0 bridgehead atoms. The molecule has 3 aromatic carbocycles. The van der Waals surface area contributed by atoms with Gasteiger partial charge in [-0.3, -0.25) is 0 Å². The van der Waals surface area contributed by atoms with Gasteiger partial charge in [-0.05, 0) is 24.1 Å². The highest BCUT2D eigenvalue weighted by Gasteiger charge is 2.32. The Morgan fingerprint density at radius 2 is 1.63 bits per heavy atom. The van der Waals surface area contributed by atoms with E-state index in [1.165, 1.54) is 6.07 Å². The molecule has 30 heavy (non-hydrogen) atoms. The first-order chi connectivity index (χ1) is 14.5. The van der Waals surface area contributed by atoms with Crippen LogP contribution >= 0.6 is 8.58 Å². The molecular weight excluding hydrogens is 398 g/mol. The summed E-state index contributed by atoms with van der Waals surface area (Å²) in [5, 5.41) is 0.355. The van der Waals surface area contributed by atoms with Crippen LogP contribution in [0.25, 0.3) is 0 Å². The van der Waals surface area contributed by atoms with Gasteiger partial charge in [0.1, 0.15) is 18.2 Å². The van der Waals surface area contributed by atoms with Crippen molar-refractivity contribution in [1.29, 1.82) is 0 Å². The second-order valence-electron chi connectivity index (χ2n) is 7.27. The Morgan fingerprint density at radius 3 is 2.27 bits per heavy atom. The van der Waals surface area contributed by atoms with Gasteiger partial charge in [-0.2, -0.15) is 0 Å². The molecule has 0 radical (unpaired) electrons. The quantitative estimate of drug-likeness (QED) is 0.390. The van der Waals surface area contributed by atoms with E-state index < -0.39 is 0 Å². The largest absolute Gasteiger partial charge is 0.497 e. The Bertz CT molecular complexity index is 977. The molecule has 5 heteroatoms. The van der Waals surface area contributed by atoms with Crippen LogP contribution in [-0.2, 0) is 11.8 Å². The fraction of sp³-hybridized carbons (Fsp3) is 0.280. The van der Waals surface area contributed by atoms with E-state index >= 15 is 0 Å². The number of rotatable bonds is 9. The SMILES string of the molecule is CCC(C)(Pc1ccccc1F)c1cc(OC)cc(OC)c1OCc1ccccc1. The van der Waals surface area contributed by atoms with Crippen molar-refractivity contribution in [2.24, 2.45) is 0 Å². The number of methoxy groups -OCH3 is 2. The minimum Gasteiger partial charge on any atom is -0.497 e. The molecule has 3 rings (SSSR count). The summed E-state index contributed by atoms with van der Waals surface area (Å²) in [4.78, 5) is 0. The number of hydrogen-bond acceptors (Lipinski definition) is 3. The summed E-state index contributed by atoms with van der Waals surface area (Å²) in [7, 11) is 3.47. The average molecular weight is 426 g/mol. The molecule has 0 aliphatic heterocycles. The van der Waals surface area contributed by atoms with Gasteiger partial charge in [-0.15, -0.1) is 0 Å². The summed E-state index contributed by atoms with van der Waals surface area (Å²) in [6, 6.07) is 20.8. The number of benzene rings is 3. The lowest BCUT2D eigenvalue weighted by Gasteiger charge is -2.32. The van der Waals surface area contributed by atoms with Crippen molar-refractivity contribution >= 4 is 13.9 Å². The van der Waals surface area contributed by atoms with E-state index in [1.54, 1.807) is 20.3 Å². The van der Waals surface area contributed by atoms with E-state index in [0.717, 1.165) is 17.5 Å². The van der Waals surface area contributed by atoms with E-state index in [9.17, 15) is 4.39 Å². The van der Waals surface area contributed by atoms with Crippen LogP contribution in [0.2, 0.25) is 0 Å². The average Bonchev–Trinajstić information content (AvgIpc) is 2.79. The van der Waals surface area contributed by atoms with Crippen LogP contribution in [0.5, 0.6) is 17.2 Å². The van der Waals surface area contributed by atoms with E-state index in [4.69, 9.17) is 14.2 Å². The third-order valence-corrected chi connectivity index (χ3v) is 7.15. The number of hydrogen-bond donors (Lipinski definition) is 0. The van der Waals surface area contributed by atoms with Crippen molar-refractivity contribution in [2.75, 3.05) is 14.2 Å². The van der Waals surface area contributed by atoms with Crippen LogP contribution in [0.1, 0.15) is 31.4 Å². The topological polar surface area (TPSA) is 27.7 Å². The Balaban J connectivity index is 2.06. The summed E-state index contributed by atoms with van der Waals surface area (Å²) < 4.78 is 31.9. The zero-order valence-electron chi connectivity index (χ0n) is 17.9. The lowest BCUT2D eigenvalue weighted by Crippen LogP contribution is -2.21. The van der Waals surface area contributed by atoms with Crippen LogP contribution in [0.15, 0.2) is 66.7 Å². The molecule has 158 valence electrons. The Labute approximate surface area is 180 Å². The minimum atomic E-state index is -0.351. The van der Waals surface area contributed by atoms with Gasteiger partial charge in [0, 0.05) is 22.1 Å². The summed E-state index contributed by atoms with van der Waals surface area (Å²) in [5.74, 6) is 1.79. The smallest absolute Gasteiger partial charge is 0.166 e. The molecule has 0 heterocycles. The molecule has 2 atom stereocenters. The highest BCUT2D eigenvalue weighted by Crippen LogP contribution is 2.51. The molecule has 0 aromatic heterocycles. The molecule has 3 nitrogen and oxygen atoms in total. The van der Waals surface area contributed by atoms with Crippen molar-refractivity contribution in [3.8, 4) is 17.2 Å². The molecular formula is C25H28FO3P. The third kappa shape index (κ3) is 4.94. The molecule has 0 aliphatic carbocycles. The van der Waals surface area contributed by atoms with Crippen LogP contribution in [0.4, 0.5) is 4.39 Å². The normalized spacial score (nSPS) is 13.2. The molecule has 0 amide bonds. The molecule has 0 N–H and O–H groups in total. The monoisotopic (exact) mass is 426 g/mol. The van der Waals surface area contributed by atoms with Gasteiger partial charge in [-0.25, -0.2) is 4.39 Å². The standard InChI is InChI=1S/C25H28FO3P/c1-5-25(2,30-23-14-10-9-13-21(23)26)20-15-19(27-3)16-22(28-4)24(20)29-17-18-11-7-6-8-12-18/h6-16,30H,5,17H2,1-4H3. The molecule has 3 aromatic rings. The Hall–Kier alpha value is -2.58. The number of ether oxygens (including phenoxy) is 3. The molecule has 0 fully saturated rings. The van der Waals surface area contributed by atoms with Gasteiger partial charge < -0.3 is 14.2 Å². The highest BCUT2D eigenvalue weighted by molar-refractivity contribution is 7.48. The zero-order chi connectivity index (χ0) is 21.6. The zero-order valence-corrected chi connectivity index (χ0v) is 18.9. The van der Waals surface area contributed by atoms with Crippen molar-refractivity contribution in [3.63, 3.8) is 0 Å². The fourth-order valence-electron chi connectivity index (χ4n) is 3.34. The predicted octanol–water partition coefficient (Wildman–Crippen LogP) is 6.05. The molecule has 0 aliphatic rings. The third-order valence-electron chi connectivity index (χ3n) is 5.30. The highest BCUT2D eigenvalue weighted by atomic mass is 31.1. The van der Waals surface area contributed by atoms with Gasteiger partial charge in [0.05, 0.1) is 14.2 Å². The second kappa shape index (κ2) is 9.95. The summed E-state index contributed by atoms with van der Waals surface area (Å²) in [5.41, 5.74) is 2.02. The molecule has 2 unspecified atom stereocenters. The van der Waals surface area contributed by atoms with Crippen molar-refractivity contribution < 1.29 is 18.6 Å². The van der Waals surface area contributed by atoms with Gasteiger partial charge in [-0.1, -0.05) is 71.0 Å². The fourth-order valence-corrected chi connectivity index (χ4v) is 4.81. The van der Waals surface area contributed by atoms with E-state index in [1.807, 2.05) is 54.6 Å². The lowest BCUT2D eigenvalue weighted by atomic mass is 9.95. The van der Waals surface area contributed by atoms with E-state index in [-0.39, 0.29) is 19.6 Å². The van der Waals surface area contributed by atoms with Crippen LogP contribution < -0.4 is 19.5 Å². The van der Waals surface area contributed by atoms with Crippen LogP contribution in [-0.4, -0.2) is 14.2 Å². The maximum Gasteiger partial charge on any atom is 0.166 e. The second-order valence-corrected chi connectivity index (χ2v) is 9.16. The maximum absolute atomic E-state index is 14.5. The lowest BCUT2D eigenvalue weighted by molar-refractivity contribution is 0.277. The van der Waals surface area contributed by atoms with Crippen LogP contribution in [0.3, 0.4) is 0 Å². The summed E-state index contributed by atoms with van der Waals surface area (Å²) >= 11 is 0. The summed E-state index contributed by atoms with van der Waals surface area (Å²) in [6.45, 7) is 4.67. The van der Waals surface area contributed by atoms with Gasteiger partial charge in [0.25, 0.3) is 0 Å². The van der Waals surface area contributed by atoms with Gasteiger partial charge >= 0.3 is 0 Å². The van der Waals surface area contributed by atoms with E-state index in [0.29, 0.717) is 29.2 Å². The van der Waals surface area contributed by atoms with Crippen molar-refractivity contribution in [2.45, 2.75) is 32.0 Å². The first kappa shape index (κ1) is 22.1.